The van der Waals surface area contributed by atoms with Gasteiger partial charge in [-0.2, -0.15) is 0 Å². The topological polar surface area (TPSA) is 86.9 Å². The van der Waals surface area contributed by atoms with E-state index >= 15 is 0 Å². The molecule has 0 aliphatic heterocycles. The number of hydrogen-bond donors (Lipinski definition) is 3. The molecule has 6 heteroatoms. The average Bonchev–Trinajstić information content (AvgIpc) is 2.97. The summed E-state index contributed by atoms with van der Waals surface area (Å²) in [5.41, 5.74) is 1.54. The molecule has 0 saturated heterocycles. The molecule has 1 aromatic carbocycles. The molecule has 2 rings (SSSR count). The fourth-order valence-corrected chi connectivity index (χ4v) is 1.80. The van der Waals surface area contributed by atoms with Gasteiger partial charge in [0.2, 0.25) is 11.8 Å². The van der Waals surface area contributed by atoms with E-state index in [9.17, 15) is 9.59 Å². The first-order chi connectivity index (χ1) is 9.66. The van der Waals surface area contributed by atoms with E-state index in [4.69, 9.17) is 0 Å². The molecule has 2 amide bonds. The van der Waals surface area contributed by atoms with E-state index in [1.165, 1.54) is 19.4 Å². The maximum absolute atomic E-state index is 12.2. The van der Waals surface area contributed by atoms with Crippen LogP contribution >= 0.6 is 0 Å². The Kier molecular flexibility index (Phi) is 4.49. The highest BCUT2D eigenvalue weighted by molar-refractivity contribution is 5.87. The molecule has 0 aliphatic carbocycles. The van der Waals surface area contributed by atoms with Crippen LogP contribution in [0.3, 0.4) is 0 Å². The van der Waals surface area contributed by atoms with Crippen molar-refractivity contribution < 1.29 is 9.59 Å². The Balaban J connectivity index is 2.02. The van der Waals surface area contributed by atoms with Gasteiger partial charge < -0.3 is 15.6 Å². The maximum atomic E-state index is 12.2. The summed E-state index contributed by atoms with van der Waals surface area (Å²) in [5.74, 6) is -0.562. The van der Waals surface area contributed by atoms with Crippen molar-refractivity contribution in [2.45, 2.75) is 19.5 Å². The van der Waals surface area contributed by atoms with Crippen LogP contribution in [0, 0.1) is 0 Å². The van der Waals surface area contributed by atoms with Crippen LogP contribution in [0.1, 0.15) is 24.2 Å². The number of benzene rings is 1. The molecule has 3 N–H and O–H groups in total. The molecule has 1 heterocycles. The number of nitrogens with zero attached hydrogens (tertiary/aromatic N) is 1. The van der Waals surface area contributed by atoms with E-state index < -0.39 is 6.04 Å². The Labute approximate surface area is 116 Å². The smallest absolute Gasteiger partial charge is 0.249 e. The zero-order valence-electron chi connectivity index (χ0n) is 11.1. The van der Waals surface area contributed by atoms with Crippen molar-refractivity contribution >= 4 is 11.8 Å². The van der Waals surface area contributed by atoms with Crippen molar-refractivity contribution in [3.63, 3.8) is 0 Å². The predicted molar refractivity (Wildman–Crippen MR) is 73.4 cm³/mol. The Bertz CT molecular complexity index is 566. The maximum Gasteiger partial charge on any atom is 0.249 e. The molecule has 104 valence electrons. The average molecular weight is 272 g/mol. The summed E-state index contributed by atoms with van der Waals surface area (Å²) < 4.78 is 0. The normalized spacial score (nSPS) is 11.7. The van der Waals surface area contributed by atoms with Crippen LogP contribution in [0.4, 0.5) is 0 Å². The van der Waals surface area contributed by atoms with Crippen molar-refractivity contribution in [1.82, 2.24) is 20.6 Å². The van der Waals surface area contributed by atoms with Gasteiger partial charge >= 0.3 is 0 Å². The second-order valence-electron chi connectivity index (χ2n) is 4.34. The molecule has 0 unspecified atom stereocenters. The third-order valence-electron chi connectivity index (χ3n) is 2.75. The summed E-state index contributed by atoms with van der Waals surface area (Å²) in [4.78, 5) is 30.1. The number of amides is 2. The van der Waals surface area contributed by atoms with Crippen LogP contribution in [-0.2, 0) is 16.1 Å². The van der Waals surface area contributed by atoms with Gasteiger partial charge in [-0.05, 0) is 5.56 Å². The van der Waals surface area contributed by atoms with Crippen LogP contribution < -0.4 is 10.6 Å². The van der Waals surface area contributed by atoms with Gasteiger partial charge in [-0.1, -0.05) is 30.3 Å². The molecule has 1 atom stereocenters. The number of aromatic amines is 1. The van der Waals surface area contributed by atoms with Gasteiger partial charge in [0.25, 0.3) is 0 Å². The van der Waals surface area contributed by atoms with E-state index in [2.05, 4.69) is 20.6 Å². The molecular weight excluding hydrogens is 256 g/mol. The number of hydrogen-bond acceptors (Lipinski definition) is 3. The SMILES string of the molecule is CC(=O)N[C@@H](C(=O)NCc1ccccc1)c1cnc[nH]1. The first-order valence-corrected chi connectivity index (χ1v) is 6.24. The van der Waals surface area contributed by atoms with Gasteiger partial charge in [0, 0.05) is 13.5 Å². The van der Waals surface area contributed by atoms with Gasteiger partial charge in [0.1, 0.15) is 6.04 Å². The number of nitrogens with one attached hydrogen (secondary N) is 3. The van der Waals surface area contributed by atoms with Crippen LogP contribution in [0.15, 0.2) is 42.9 Å². The van der Waals surface area contributed by atoms with Crippen molar-refractivity contribution in [2.75, 3.05) is 0 Å². The molecule has 1 aromatic heterocycles. The lowest BCUT2D eigenvalue weighted by Gasteiger charge is -2.16. The number of imidazole rings is 1. The quantitative estimate of drug-likeness (QED) is 0.756. The fourth-order valence-electron chi connectivity index (χ4n) is 1.80. The highest BCUT2D eigenvalue weighted by Gasteiger charge is 2.22. The molecule has 0 saturated carbocycles. The highest BCUT2D eigenvalue weighted by Crippen LogP contribution is 2.09. The standard InChI is InChI=1S/C14H16N4O2/c1-10(19)18-13(12-8-15-9-17-12)14(20)16-7-11-5-3-2-4-6-11/h2-6,8-9,13H,7H2,1H3,(H,15,17)(H,16,20)(H,18,19)/t13-/m1/s1. The third kappa shape index (κ3) is 3.68. The Morgan fingerprint density at radius 2 is 2.05 bits per heavy atom. The minimum atomic E-state index is -0.765. The zero-order chi connectivity index (χ0) is 14.4. The molecule has 0 fully saturated rings. The molecule has 0 aliphatic rings. The van der Waals surface area contributed by atoms with E-state index in [0.29, 0.717) is 12.2 Å². The summed E-state index contributed by atoms with van der Waals surface area (Å²) in [6, 6.07) is 8.80. The second kappa shape index (κ2) is 6.51. The lowest BCUT2D eigenvalue weighted by molar-refractivity contribution is -0.128. The molecule has 20 heavy (non-hydrogen) atoms. The van der Waals surface area contributed by atoms with Crippen LogP contribution in [-0.4, -0.2) is 21.8 Å². The van der Waals surface area contributed by atoms with E-state index in [1.54, 1.807) is 0 Å². The summed E-state index contributed by atoms with van der Waals surface area (Å²) in [6.45, 7) is 1.78. The van der Waals surface area contributed by atoms with E-state index in [1.807, 2.05) is 30.3 Å². The first-order valence-electron chi connectivity index (χ1n) is 6.24. The van der Waals surface area contributed by atoms with E-state index in [0.717, 1.165) is 5.56 Å². The minimum Gasteiger partial charge on any atom is -0.350 e. The molecule has 6 nitrogen and oxygen atoms in total. The van der Waals surface area contributed by atoms with Gasteiger partial charge in [0.05, 0.1) is 18.2 Å². The minimum absolute atomic E-state index is 0.278. The number of H-pyrrole nitrogens is 1. The second-order valence-corrected chi connectivity index (χ2v) is 4.34. The number of aromatic nitrogens is 2. The molecule has 0 bridgehead atoms. The van der Waals surface area contributed by atoms with Crippen molar-refractivity contribution in [1.29, 1.82) is 0 Å². The third-order valence-corrected chi connectivity index (χ3v) is 2.75. The lowest BCUT2D eigenvalue weighted by atomic mass is 10.2. The summed E-state index contributed by atoms with van der Waals surface area (Å²) in [5, 5.41) is 5.39. The van der Waals surface area contributed by atoms with Gasteiger partial charge in [0.15, 0.2) is 0 Å². The number of rotatable bonds is 5. The zero-order valence-corrected chi connectivity index (χ0v) is 11.1. The predicted octanol–water partition coefficient (Wildman–Crippen LogP) is 0.903. The number of carbonyl (C=O) groups is 2. The van der Waals surface area contributed by atoms with Crippen molar-refractivity contribution in [2.24, 2.45) is 0 Å². The van der Waals surface area contributed by atoms with E-state index in [-0.39, 0.29) is 11.8 Å². The van der Waals surface area contributed by atoms with Crippen LogP contribution in [0.2, 0.25) is 0 Å². The van der Waals surface area contributed by atoms with Crippen molar-refractivity contribution in [3.8, 4) is 0 Å². The number of carbonyl (C=O) groups excluding carboxylic acids is 2. The summed E-state index contributed by atoms with van der Waals surface area (Å²) in [6.07, 6.45) is 2.98. The Morgan fingerprint density at radius 1 is 1.30 bits per heavy atom. The highest BCUT2D eigenvalue weighted by atomic mass is 16.2. The molecular formula is C14H16N4O2. The largest absolute Gasteiger partial charge is 0.350 e. The van der Waals surface area contributed by atoms with Gasteiger partial charge in [-0.25, -0.2) is 4.98 Å². The summed E-state index contributed by atoms with van der Waals surface area (Å²) >= 11 is 0. The van der Waals surface area contributed by atoms with Crippen molar-refractivity contribution in [3.05, 3.63) is 54.1 Å². The van der Waals surface area contributed by atoms with Crippen LogP contribution in [0.5, 0.6) is 0 Å². The van der Waals surface area contributed by atoms with Gasteiger partial charge in [-0.3, -0.25) is 9.59 Å². The fraction of sp³-hybridized carbons (Fsp3) is 0.214. The summed E-state index contributed by atoms with van der Waals surface area (Å²) in [7, 11) is 0. The monoisotopic (exact) mass is 272 g/mol. The molecule has 2 aromatic rings. The lowest BCUT2D eigenvalue weighted by Crippen LogP contribution is -2.39. The molecule has 0 radical (unpaired) electrons. The Morgan fingerprint density at radius 3 is 2.65 bits per heavy atom. The molecule has 0 spiro atoms. The van der Waals surface area contributed by atoms with Gasteiger partial charge in [-0.15, -0.1) is 0 Å². The first kappa shape index (κ1) is 13.8. The Hall–Kier alpha value is -2.63. The van der Waals surface area contributed by atoms with Crippen LogP contribution in [0.25, 0.3) is 0 Å².